The van der Waals surface area contributed by atoms with E-state index in [1.165, 1.54) is 11.3 Å². The van der Waals surface area contributed by atoms with Crippen molar-refractivity contribution in [1.29, 1.82) is 0 Å². The number of benzene rings is 1. The van der Waals surface area contributed by atoms with E-state index in [0.29, 0.717) is 18.3 Å². The van der Waals surface area contributed by atoms with Gasteiger partial charge in [0.1, 0.15) is 13.2 Å². The molecule has 116 valence electrons. The number of nitrogens with zero attached hydrogens (tertiary/aromatic N) is 1. The summed E-state index contributed by atoms with van der Waals surface area (Å²) in [6, 6.07) is 5.76. The van der Waals surface area contributed by atoms with Crippen molar-refractivity contribution < 1.29 is 14.3 Å². The molecule has 2 aromatic rings. The molecule has 22 heavy (non-hydrogen) atoms. The first-order valence-electron chi connectivity index (χ1n) is 7.33. The third-order valence-corrected chi connectivity index (χ3v) is 4.39. The summed E-state index contributed by atoms with van der Waals surface area (Å²) in [6.07, 6.45) is 0.812. The van der Waals surface area contributed by atoms with Gasteiger partial charge in [0.05, 0.1) is 5.69 Å². The Morgan fingerprint density at radius 2 is 2.14 bits per heavy atom. The minimum atomic E-state index is -0.0124. The summed E-state index contributed by atoms with van der Waals surface area (Å²) in [5.74, 6) is 1.49. The van der Waals surface area contributed by atoms with Gasteiger partial charge in [0.25, 0.3) is 0 Å². The number of carbonyl (C=O) groups is 1. The minimum absolute atomic E-state index is 0.00516. The van der Waals surface area contributed by atoms with E-state index in [-0.39, 0.29) is 11.8 Å². The molecule has 1 aliphatic heterocycles. The number of ether oxygens (including phenoxy) is 2. The molecular formula is C16H18N2O3S. The number of anilines is 1. The summed E-state index contributed by atoms with van der Waals surface area (Å²) < 4.78 is 11.1. The molecule has 0 spiro atoms. The third-order valence-electron chi connectivity index (χ3n) is 3.63. The fraction of sp³-hybridized carbons (Fsp3) is 0.375. The Morgan fingerprint density at radius 3 is 2.91 bits per heavy atom. The number of thiazole rings is 1. The maximum absolute atomic E-state index is 11.9. The van der Waals surface area contributed by atoms with Gasteiger partial charge in [-0.25, -0.2) is 4.98 Å². The van der Waals surface area contributed by atoms with Crippen LogP contribution in [0.5, 0.6) is 11.5 Å². The summed E-state index contributed by atoms with van der Waals surface area (Å²) in [4.78, 5) is 16.4. The maximum Gasteiger partial charge on any atom is 0.228 e. The van der Waals surface area contributed by atoms with E-state index >= 15 is 0 Å². The molecule has 1 atom stereocenters. The standard InChI is InChI=1S/C16H18N2O3S/c1-3-10(2)15(19)18-16-17-12(9-22-16)11-4-5-13-14(8-11)21-7-6-20-13/h4-5,8-10H,3,6-7H2,1-2H3,(H,17,18,19). The Hall–Kier alpha value is -2.08. The fourth-order valence-electron chi connectivity index (χ4n) is 2.08. The molecule has 0 saturated heterocycles. The molecule has 0 aliphatic carbocycles. The Morgan fingerprint density at radius 1 is 1.36 bits per heavy atom. The molecule has 6 heteroatoms. The molecule has 2 heterocycles. The second kappa shape index (κ2) is 6.36. The molecule has 0 bridgehead atoms. The first-order valence-corrected chi connectivity index (χ1v) is 8.21. The maximum atomic E-state index is 11.9. The molecule has 3 rings (SSSR count). The van der Waals surface area contributed by atoms with Crippen LogP contribution in [0.1, 0.15) is 20.3 Å². The SMILES string of the molecule is CCC(C)C(=O)Nc1nc(-c2ccc3c(c2)OCCO3)cs1. The van der Waals surface area contributed by atoms with Crippen LogP contribution >= 0.6 is 11.3 Å². The Kier molecular flexibility index (Phi) is 4.29. The summed E-state index contributed by atoms with van der Waals surface area (Å²) in [5, 5.41) is 5.41. The van der Waals surface area contributed by atoms with Crippen molar-refractivity contribution in [2.75, 3.05) is 18.5 Å². The van der Waals surface area contributed by atoms with E-state index in [1.54, 1.807) is 0 Å². The zero-order chi connectivity index (χ0) is 15.5. The second-order valence-corrected chi connectivity index (χ2v) is 6.05. The lowest BCUT2D eigenvalue weighted by Gasteiger charge is -2.18. The molecule has 1 amide bonds. The Bertz CT molecular complexity index is 684. The van der Waals surface area contributed by atoms with Crippen molar-refractivity contribution in [2.24, 2.45) is 5.92 Å². The summed E-state index contributed by atoms with van der Waals surface area (Å²) in [5.41, 5.74) is 1.77. The number of hydrogen-bond acceptors (Lipinski definition) is 5. The molecular weight excluding hydrogens is 300 g/mol. The molecule has 1 N–H and O–H groups in total. The van der Waals surface area contributed by atoms with Gasteiger partial charge in [-0.15, -0.1) is 11.3 Å². The quantitative estimate of drug-likeness (QED) is 0.936. The van der Waals surface area contributed by atoms with E-state index in [4.69, 9.17) is 9.47 Å². The highest BCUT2D eigenvalue weighted by Gasteiger charge is 2.15. The van der Waals surface area contributed by atoms with Crippen LogP contribution in [-0.2, 0) is 4.79 Å². The van der Waals surface area contributed by atoms with Gasteiger partial charge in [-0.05, 0) is 24.6 Å². The number of hydrogen-bond donors (Lipinski definition) is 1. The van der Waals surface area contributed by atoms with E-state index < -0.39 is 0 Å². The van der Waals surface area contributed by atoms with E-state index in [0.717, 1.165) is 29.2 Å². The van der Waals surface area contributed by atoms with Crippen LogP contribution in [0.15, 0.2) is 23.6 Å². The van der Waals surface area contributed by atoms with Crippen molar-refractivity contribution >= 4 is 22.4 Å². The molecule has 5 nitrogen and oxygen atoms in total. The smallest absolute Gasteiger partial charge is 0.228 e. The first kappa shape index (κ1) is 14.8. The van der Waals surface area contributed by atoms with Gasteiger partial charge in [0, 0.05) is 16.9 Å². The van der Waals surface area contributed by atoms with Crippen molar-refractivity contribution in [3.63, 3.8) is 0 Å². The highest BCUT2D eigenvalue weighted by Crippen LogP contribution is 2.35. The van der Waals surface area contributed by atoms with Gasteiger partial charge < -0.3 is 14.8 Å². The van der Waals surface area contributed by atoms with Gasteiger partial charge in [-0.2, -0.15) is 0 Å². The van der Waals surface area contributed by atoms with Crippen LogP contribution < -0.4 is 14.8 Å². The molecule has 0 saturated carbocycles. The van der Waals surface area contributed by atoms with Gasteiger partial charge in [0.2, 0.25) is 5.91 Å². The topological polar surface area (TPSA) is 60.5 Å². The van der Waals surface area contributed by atoms with Gasteiger partial charge in [-0.1, -0.05) is 13.8 Å². The molecule has 1 aliphatic rings. The summed E-state index contributed by atoms with van der Waals surface area (Å²) >= 11 is 1.42. The lowest BCUT2D eigenvalue weighted by atomic mass is 10.1. The number of amides is 1. The lowest BCUT2D eigenvalue weighted by Crippen LogP contribution is -2.19. The van der Waals surface area contributed by atoms with Crippen LogP contribution in [0.3, 0.4) is 0 Å². The average molecular weight is 318 g/mol. The molecule has 1 aromatic heterocycles. The van der Waals surface area contributed by atoms with E-state index in [1.807, 2.05) is 37.4 Å². The molecule has 1 unspecified atom stereocenters. The highest BCUT2D eigenvalue weighted by molar-refractivity contribution is 7.14. The minimum Gasteiger partial charge on any atom is -0.486 e. The average Bonchev–Trinajstić information content (AvgIpc) is 3.02. The number of carbonyl (C=O) groups excluding carboxylic acids is 1. The number of rotatable bonds is 4. The predicted octanol–water partition coefficient (Wildman–Crippen LogP) is 3.57. The number of fused-ring (bicyclic) bond motifs is 1. The summed E-state index contributed by atoms with van der Waals surface area (Å²) in [6.45, 7) is 5.04. The van der Waals surface area contributed by atoms with E-state index in [9.17, 15) is 4.79 Å². The van der Waals surface area contributed by atoms with Crippen molar-refractivity contribution in [3.05, 3.63) is 23.6 Å². The monoisotopic (exact) mass is 318 g/mol. The van der Waals surface area contributed by atoms with Gasteiger partial charge >= 0.3 is 0 Å². The number of aromatic nitrogens is 1. The van der Waals surface area contributed by atoms with Crippen LogP contribution in [0.2, 0.25) is 0 Å². The molecule has 0 radical (unpaired) electrons. The predicted molar refractivity (Wildman–Crippen MR) is 86.6 cm³/mol. The van der Waals surface area contributed by atoms with Crippen LogP contribution in [0, 0.1) is 5.92 Å². The normalized spacial score (nSPS) is 14.5. The first-order chi connectivity index (χ1) is 10.7. The van der Waals surface area contributed by atoms with Crippen molar-refractivity contribution in [2.45, 2.75) is 20.3 Å². The molecule has 1 aromatic carbocycles. The van der Waals surface area contributed by atoms with Crippen molar-refractivity contribution in [3.8, 4) is 22.8 Å². The zero-order valence-corrected chi connectivity index (χ0v) is 13.4. The Balaban J connectivity index is 1.77. The van der Waals surface area contributed by atoms with Gasteiger partial charge in [0.15, 0.2) is 16.6 Å². The zero-order valence-electron chi connectivity index (χ0n) is 12.6. The number of nitrogens with one attached hydrogen (secondary N) is 1. The van der Waals surface area contributed by atoms with Crippen LogP contribution in [0.4, 0.5) is 5.13 Å². The third kappa shape index (κ3) is 3.06. The fourth-order valence-corrected chi connectivity index (χ4v) is 2.80. The summed E-state index contributed by atoms with van der Waals surface area (Å²) in [7, 11) is 0. The van der Waals surface area contributed by atoms with E-state index in [2.05, 4.69) is 10.3 Å². The van der Waals surface area contributed by atoms with Crippen molar-refractivity contribution in [1.82, 2.24) is 4.98 Å². The molecule has 0 fully saturated rings. The van der Waals surface area contributed by atoms with Crippen LogP contribution in [-0.4, -0.2) is 24.1 Å². The van der Waals surface area contributed by atoms with Crippen LogP contribution in [0.25, 0.3) is 11.3 Å². The highest BCUT2D eigenvalue weighted by atomic mass is 32.1. The second-order valence-electron chi connectivity index (χ2n) is 5.19. The lowest BCUT2D eigenvalue weighted by molar-refractivity contribution is -0.119. The van der Waals surface area contributed by atoms with Gasteiger partial charge in [-0.3, -0.25) is 4.79 Å². The largest absolute Gasteiger partial charge is 0.486 e. The Labute approximate surface area is 133 Å².